The summed E-state index contributed by atoms with van der Waals surface area (Å²) < 4.78 is 16.5. The van der Waals surface area contributed by atoms with Crippen LogP contribution in [0.3, 0.4) is 0 Å². The maximum atomic E-state index is 6.45. The lowest BCUT2D eigenvalue weighted by atomic mass is 10.00. The maximum absolute atomic E-state index is 6.45. The van der Waals surface area contributed by atoms with Crippen molar-refractivity contribution in [2.24, 2.45) is 0 Å². The van der Waals surface area contributed by atoms with Crippen LogP contribution < -0.4 is 19.9 Å². The number of rotatable bonds is 7. The monoisotopic (exact) mass is 449 g/mol. The average Bonchev–Trinajstić information content (AvgIpc) is 2.82. The van der Waals surface area contributed by atoms with Crippen molar-refractivity contribution in [3.63, 3.8) is 0 Å². The first-order valence-electron chi connectivity index (χ1n) is 10.3. The van der Waals surface area contributed by atoms with Gasteiger partial charge in [-0.2, -0.15) is 0 Å². The Bertz CT molecular complexity index is 1280. The first-order chi connectivity index (χ1) is 15.5. The van der Waals surface area contributed by atoms with E-state index in [1.54, 1.807) is 14.2 Å². The molecule has 0 fully saturated rings. The van der Waals surface area contributed by atoms with Crippen LogP contribution in [0.1, 0.15) is 13.3 Å². The number of nitrogen functional groups attached to an aromatic ring is 1. The molecular formula is C25H24ClN3O3. The lowest BCUT2D eigenvalue weighted by molar-refractivity contribution is 0.317. The van der Waals surface area contributed by atoms with E-state index >= 15 is 0 Å². The van der Waals surface area contributed by atoms with Gasteiger partial charge in [-0.25, -0.2) is 9.97 Å². The summed E-state index contributed by atoms with van der Waals surface area (Å²) >= 11 is 6.45. The maximum Gasteiger partial charge on any atom is 0.221 e. The van der Waals surface area contributed by atoms with E-state index in [1.165, 1.54) is 0 Å². The molecule has 32 heavy (non-hydrogen) atoms. The second kappa shape index (κ2) is 9.32. The molecule has 1 aromatic heterocycles. The lowest BCUT2D eigenvalue weighted by Crippen LogP contribution is -1.99. The van der Waals surface area contributed by atoms with Gasteiger partial charge in [0.1, 0.15) is 5.75 Å². The molecule has 0 spiro atoms. The highest BCUT2D eigenvalue weighted by molar-refractivity contribution is 6.32. The van der Waals surface area contributed by atoms with E-state index < -0.39 is 0 Å². The Morgan fingerprint density at radius 1 is 0.812 bits per heavy atom. The highest BCUT2D eigenvalue weighted by Gasteiger charge is 2.14. The zero-order chi connectivity index (χ0) is 22.7. The van der Waals surface area contributed by atoms with E-state index in [0.717, 1.165) is 34.0 Å². The van der Waals surface area contributed by atoms with Gasteiger partial charge in [0.15, 0.2) is 11.5 Å². The molecule has 7 heteroatoms. The molecule has 0 amide bonds. The van der Waals surface area contributed by atoms with Crippen LogP contribution in [0.5, 0.6) is 17.2 Å². The molecule has 0 aliphatic carbocycles. The van der Waals surface area contributed by atoms with E-state index in [1.807, 2.05) is 54.6 Å². The number of fused-ring (bicyclic) bond motifs is 1. The van der Waals surface area contributed by atoms with Crippen LogP contribution in [0.15, 0.2) is 54.6 Å². The van der Waals surface area contributed by atoms with Gasteiger partial charge in [-0.15, -0.1) is 0 Å². The quantitative estimate of drug-likeness (QED) is 0.372. The second-order valence-electron chi connectivity index (χ2n) is 7.23. The molecule has 0 radical (unpaired) electrons. The minimum absolute atomic E-state index is 0.204. The van der Waals surface area contributed by atoms with Crippen molar-refractivity contribution >= 4 is 28.5 Å². The summed E-state index contributed by atoms with van der Waals surface area (Å²) in [4.78, 5) is 8.93. The summed E-state index contributed by atoms with van der Waals surface area (Å²) in [6, 6.07) is 17.4. The Balaban J connectivity index is 1.83. The van der Waals surface area contributed by atoms with E-state index in [9.17, 15) is 0 Å². The number of methoxy groups -OCH3 is 2. The number of anilines is 1. The summed E-state index contributed by atoms with van der Waals surface area (Å²) in [6.45, 7) is 2.69. The Hall–Kier alpha value is -3.51. The lowest BCUT2D eigenvalue weighted by Gasteiger charge is -2.13. The Labute approximate surface area is 191 Å². The van der Waals surface area contributed by atoms with E-state index in [-0.39, 0.29) is 5.95 Å². The largest absolute Gasteiger partial charge is 0.493 e. The highest BCUT2D eigenvalue weighted by Crippen LogP contribution is 2.37. The molecule has 4 aromatic rings. The summed E-state index contributed by atoms with van der Waals surface area (Å²) in [5.74, 6) is 2.14. The molecule has 3 aromatic carbocycles. The molecule has 0 bridgehead atoms. The van der Waals surface area contributed by atoms with Gasteiger partial charge >= 0.3 is 0 Å². The number of benzene rings is 3. The third-order valence-corrected chi connectivity index (χ3v) is 5.39. The van der Waals surface area contributed by atoms with Gasteiger partial charge < -0.3 is 19.9 Å². The third-order valence-electron chi connectivity index (χ3n) is 5.10. The molecular weight excluding hydrogens is 426 g/mol. The van der Waals surface area contributed by atoms with Crippen LogP contribution in [0.4, 0.5) is 5.95 Å². The summed E-state index contributed by atoms with van der Waals surface area (Å²) in [7, 11) is 3.20. The molecule has 0 aliphatic rings. The van der Waals surface area contributed by atoms with E-state index in [4.69, 9.17) is 31.5 Å². The Morgan fingerprint density at radius 2 is 1.50 bits per heavy atom. The van der Waals surface area contributed by atoms with Crippen LogP contribution in [-0.4, -0.2) is 30.8 Å². The van der Waals surface area contributed by atoms with Gasteiger partial charge in [-0.05, 0) is 60.0 Å². The van der Waals surface area contributed by atoms with Gasteiger partial charge in [-0.1, -0.05) is 30.7 Å². The molecule has 0 saturated carbocycles. The number of nitrogens with zero attached hydrogens (tertiary/aromatic N) is 2. The van der Waals surface area contributed by atoms with Crippen molar-refractivity contribution in [2.75, 3.05) is 26.6 Å². The van der Waals surface area contributed by atoms with Crippen LogP contribution in [0.2, 0.25) is 5.02 Å². The SMILES string of the molecule is CCCOc1ccc(-c2ccc3nc(N)nc(-c4ccc(OC)c(OC)c4)c3c2)cc1Cl. The summed E-state index contributed by atoms with van der Waals surface area (Å²) in [5.41, 5.74) is 10.3. The number of aromatic nitrogens is 2. The first kappa shape index (κ1) is 21.7. The number of ether oxygens (including phenoxy) is 3. The molecule has 4 rings (SSSR count). The zero-order valence-electron chi connectivity index (χ0n) is 18.2. The molecule has 2 N–H and O–H groups in total. The van der Waals surface area contributed by atoms with Crippen LogP contribution >= 0.6 is 11.6 Å². The summed E-state index contributed by atoms with van der Waals surface area (Å²) in [6.07, 6.45) is 0.921. The predicted molar refractivity (Wildman–Crippen MR) is 129 cm³/mol. The van der Waals surface area contributed by atoms with Crippen molar-refractivity contribution in [2.45, 2.75) is 13.3 Å². The molecule has 0 aliphatic heterocycles. The van der Waals surface area contributed by atoms with Crippen LogP contribution in [0.25, 0.3) is 33.3 Å². The van der Waals surface area contributed by atoms with Crippen LogP contribution in [0, 0.1) is 0 Å². The van der Waals surface area contributed by atoms with Gasteiger partial charge in [0.05, 0.1) is 37.1 Å². The molecule has 0 unspecified atom stereocenters. The number of halogens is 1. The smallest absolute Gasteiger partial charge is 0.221 e. The van der Waals surface area contributed by atoms with Gasteiger partial charge in [0, 0.05) is 10.9 Å². The van der Waals surface area contributed by atoms with Crippen molar-refractivity contribution in [3.05, 3.63) is 59.6 Å². The fraction of sp³-hybridized carbons (Fsp3) is 0.200. The highest BCUT2D eigenvalue weighted by atomic mass is 35.5. The molecule has 1 heterocycles. The first-order valence-corrected chi connectivity index (χ1v) is 10.6. The zero-order valence-corrected chi connectivity index (χ0v) is 18.9. The fourth-order valence-corrected chi connectivity index (χ4v) is 3.77. The predicted octanol–water partition coefficient (Wildman–Crippen LogP) is 6.01. The molecule has 164 valence electrons. The average molecular weight is 450 g/mol. The van der Waals surface area contributed by atoms with Crippen molar-refractivity contribution in [1.29, 1.82) is 0 Å². The van der Waals surface area contributed by atoms with Gasteiger partial charge in [-0.3, -0.25) is 0 Å². The Kier molecular flexibility index (Phi) is 6.32. The molecule has 0 atom stereocenters. The van der Waals surface area contributed by atoms with Crippen molar-refractivity contribution in [3.8, 4) is 39.6 Å². The fourth-order valence-electron chi connectivity index (χ4n) is 3.54. The second-order valence-corrected chi connectivity index (χ2v) is 7.63. The minimum Gasteiger partial charge on any atom is -0.493 e. The van der Waals surface area contributed by atoms with Crippen molar-refractivity contribution < 1.29 is 14.2 Å². The molecule has 6 nitrogen and oxygen atoms in total. The van der Waals surface area contributed by atoms with Crippen molar-refractivity contribution in [1.82, 2.24) is 9.97 Å². The van der Waals surface area contributed by atoms with E-state index in [0.29, 0.717) is 34.6 Å². The standard InChI is InChI=1S/C25H24ClN3O3/c1-4-11-32-21-9-6-16(13-19(21)26)15-5-8-20-18(12-15)24(29-25(27)28-20)17-7-10-22(30-2)23(14-17)31-3/h5-10,12-14H,4,11H2,1-3H3,(H2,27,28,29). The van der Waals surface area contributed by atoms with Crippen LogP contribution in [-0.2, 0) is 0 Å². The minimum atomic E-state index is 0.204. The normalized spacial score (nSPS) is 10.9. The van der Waals surface area contributed by atoms with E-state index in [2.05, 4.69) is 16.9 Å². The topological polar surface area (TPSA) is 79.5 Å². The Morgan fingerprint density at radius 3 is 2.22 bits per heavy atom. The number of hydrogen-bond donors (Lipinski definition) is 1. The van der Waals surface area contributed by atoms with Gasteiger partial charge in [0.2, 0.25) is 5.95 Å². The molecule has 0 saturated heterocycles. The van der Waals surface area contributed by atoms with Gasteiger partial charge in [0.25, 0.3) is 0 Å². The third kappa shape index (κ3) is 4.27. The summed E-state index contributed by atoms with van der Waals surface area (Å²) in [5, 5.41) is 1.44. The number of hydrogen-bond acceptors (Lipinski definition) is 6. The number of nitrogens with two attached hydrogens (primary N) is 1.